The zero-order chi connectivity index (χ0) is 11.5. The highest BCUT2D eigenvalue weighted by Crippen LogP contribution is 2.22. The molecule has 4 N–H and O–H groups in total. The third-order valence-electron chi connectivity index (χ3n) is 3.06. The van der Waals surface area contributed by atoms with E-state index in [0.29, 0.717) is 5.69 Å². The van der Waals surface area contributed by atoms with Crippen molar-refractivity contribution in [3.05, 3.63) is 23.8 Å². The molecule has 1 fully saturated rings. The summed E-state index contributed by atoms with van der Waals surface area (Å²) in [6, 6.07) is 5.32. The van der Waals surface area contributed by atoms with Crippen molar-refractivity contribution in [1.29, 1.82) is 0 Å². The molecule has 2 rings (SSSR count). The number of aliphatic hydroxyl groups excluding tert-OH is 1. The monoisotopic (exact) mass is 222 g/mol. The maximum Gasteiger partial charge on any atom is 0.138 e. The molecule has 1 aromatic rings. The Hall–Kier alpha value is -1.26. The summed E-state index contributed by atoms with van der Waals surface area (Å²) in [5, 5.41) is 18.7. The molecule has 1 saturated heterocycles. The van der Waals surface area contributed by atoms with E-state index in [0.717, 1.165) is 38.0 Å². The van der Waals surface area contributed by atoms with Crippen molar-refractivity contribution in [2.24, 2.45) is 0 Å². The van der Waals surface area contributed by atoms with E-state index in [1.165, 1.54) is 0 Å². The maximum absolute atomic E-state index is 9.39. The molecule has 0 amide bonds. The number of aromatic hydroxyl groups is 1. The van der Waals surface area contributed by atoms with Gasteiger partial charge >= 0.3 is 0 Å². The number of nitrogens with two attached hydrogens (primary N) is 1. The lowest BCUT2D eigenvalue weighted by molar-refractivity contribution is 0.0792. The highest BCUT2D eigenvalue weighted by molar-refractivity contribution is 5.53. The summed E-state index contributed by atoms with van der Waals surface area (Å²) < 4.78 is 0. The number of benzene rings is 1. The second-order valence-corrected chi connectivity index (χ2v) is 4.40. The van der Waals surface area contributed by atoms with E-state index in [1.54, 1.807) is 12.1 Å². The first-order chi connectivity index (χ1) is 7.65. The molecule has 0 saturated carbocycles. The number of rotatable bonds is 2. The molecule has 0 spiro atoms. The Labute approximate surface area is 95.3 Å². The van der Waals surface area contributed by atoms with E-state index < -0.39 is 0 Å². The molecule has 0 atom stereocenters. The van der Waals surface area contributed by atoms with E-state index in [9.17, 15) is 10.2 Å². The molecule has 1 heterocycles. The Morgan fingerprint density at radius 2 is 2.00 bits per heavy atom. The molecule has 88 valence electrons. The lowest BCUT2D eigenvalue weighted by Gasteiger charge is -2.29. The molecule has 0 unspecified atom stereocenters. The summed E-state index contributed by atoms with van der Waals surface area (Å²) in [6.07, 6.45) is 1.54. The lowest BCUT2D eigenvalue weighted by Crippen LogP contribution is -2.35. The molecule has 1 aliphatic heterocycles. The minimum absolute atomic E-state index is 0.137. The van der Waals surface area contributed by atoms with Gasteiger partial charge in [-0.05, 0) is 30.5 Å². The summed E-state index contributed by atoms with van der Waals surface area (Å²) >= 11 is 0. The molecule has 4 heteroatoms. The first kappa shape index (κ1) is 11.2. The van der Waals surface area contributed by atoms with Crippen molar-refractivity contribution in [1.82, 2.24) is 4.90 Å². The van der Waals surface area contributed by atoms with Crippen LogP contribution in [0.25, 0.3) is 0 Å². The number of nitrogens with zero attached hydrogens (tertiary/aromatic N) is 1. The Morgan fingerprint density at radius 1 is 1.31 bits per heavy atom. The average Bonchev–Trinajstić information content (AvgIpc) is 2.27. The first-order valence-corrected chi connectivity index (χ1v) is 5.63. The van der Waals surface area contributed by atoms with Gasteiger partial charge in [0.25, 0.3) is 0 Å². The second-order valence-electron chi connectivity index (χ2n) is 4.40. The predicted molar refractivity (Wildman–Crippen MR) is 63.0 cm³/mol. The Kier molecular flexibility index (Phi) is 3.31. The molecule has 0 bridgehead atoms. The van der Waals surface area contributed by atoms with E-state index in [2.05, 4.69) is 4.90 Å². The van der Waals surface area contributed by atoms with Gasteiger partial charge < -0.3 is 15.9 Å². The standard InChI is InChI=1S/C12H18N2O2/c13-11-7-9(1-2-12(11)16)8-14-5-3-10(15)4-6-14/h1-2,7,10,15-16H,3-6,8,13H2. The van der Waals surface area contributed by atoms with Crippen LogP contribution >= 0.6 is 0 Å². The van der Waals surface area contributed by atoms with Gasteiger partial charge in [0.05, 0.1) is 11.8 Å². The fourth-order valence-corrected chi connectivity index (χ4v) is 2.04. The number of anilines is 1. The van der Waals surface area contributed by atoms with Crippen molar-refractivity contribution in [3.8, 4) is 5.75 Å². The van der Waals surface area contributed by atoms with Crippen LogP contribution in [0.15, 0.2) is 18.2 Å². The van der Waals surface area contributed by atoms with Crippen molar-refractivity contribution >= 4 is 5.69 Å². The topological polar surface area (TPSA) is 69.7 Å². The van der Waals surface area contributed by atoms with Crippen LogP contribution in [0.1, 0.15) is 18.4 Å². The molecule has 4 nitrogen and oxygen atoms in total. The number of phenols is 1. The molecule has 0 aliphatic carbocycles. The van der Waals surface area contributed by atoms with Crippen molar-refractivity contribution in [3.63, 3.8) is 0 Å². The number of nitrogen functional groups attached to an aromatic ring is 1. The highest BCUT2D eigenvalue weighted by Gasteiger charge is 2.16. The van der Waals surface area contributed by atoms with Crippen LogP contribution < -0.4 is 5.73 Å². The maximum atomic E-state index is 9.39. The minimum atomic E-state index is -0.138. The van der Waals surface area contributed by atoms with Crippen LogP contribution in [0, 0.1) is 0 Å². The summed E-state index contributed by atoms with van der Waals surface area (Å²) in [7, 11) is 0. The minimum Gasteiger partial charge on any atom is -0.506 e. The van der Waals surface area contributed by atoms with Crippen LogP contribution in [0.3, 0.4) is 0 Å². The Bertz CT molecular complexity index is 360. The van der Waals surface area contributed by atoms with Crippen molar-refractivity contribution < 1.29 is 10.2 Å². The fourth-order valence-electron chi connectivity index (χ4n) is 2.04. The van der Waals surface area contributed by atoms with Gasteiger partial charge in [0.15, 0.2) is 0 Å². The molecule has 16 heavy (non-hydrogen) atoms. The summed E-state index contributed by atoms with van der Waals surface area (Å²) in [5.41, 5.74) is 7.17. The molecule has 1 aromatic carbocycles. The molecule has 0 radical (unpaired) electrons. The van der Waals surface area contributed by atoms with Crippen LogP contribution in [0.5, 0.6) is 5.75 Å². The van der Waals surface area contributed by atoms with Gasteiger partial charge in [0, 0.05) is 19.6 Å². The zero-order valence-electron chi connectivity index (χ0n) is 9.26. The first-order valence-electron chi connectivity index (χ1n) is 5.63. The number of aliphatic hydroxyl groups is 1. The van der Waals surface area contributed by atoms with E-state index >= 15 is 0 Å². The van der Waals surface area contributed by atoms with Crippen molar-refractivity contribution in [2.75, 3.05) is 18.8 Å². The van der Waals surface area contributed by atoms with E-state index in [4.69, 9.17) is 5.73 Å². The predicted octanol–water partition coefficient (Wildman–Crippen LogP) is 0.931. The molecular weight excluding hydrogens is 204 g/mol. The lowest BCUT2D eigenvalue weighted by atomic mass is 10.1. The summed E-state index contributed by atoms with van der Waals surface area (Å²) in [4.78, 5) is 2.29. The van der Waals surface area contributed by atoms with Crippen LogP contribution in [0.4, 0.5) is 5.69 Å². The Balaban J connectivity index is 1.96. The third-order valence-corrected chi connectivity index (χ3v) is 3.06. The third kappa shape index (κ3) is 2.65. The van der Waals surface area contributed by atoms with Gasteiger partial charge in [-0.25, -0.2) is 0 Å². The summed E-state index contributed by atoms with van der Waals surface area (Å²) in [5.74, 6) is 0.137. The second kappa shape index (κ2) is 4.72. The fraction of sp³-hybridized carbons (Fsp3) is 0.500. The number of likely N-dealkylation sites (tertiary alicyclic amines) is 1. The number of hydrogen-bond donors (Lipinski definition) is 3. The van der Waals surface area contributed by atoms with E-state index in [-0.39, 0.29) is 11.9 Å². The number of hydrogen-bond acceptors (Lipinski definition) is 4. The number of piperidine rings is 1. The molecular formula is C12H18N2O2. The SMILES string of the molecule is Nc1cc(CN2CCC(O)CC2)ccc1O. The van der Waals surface area contributed by atoms with Crippen LogP contribution in [0.2, 0.25) is 0 Å². The zero-order valence-corrected chi connectivity index (χ0v) is 9.26. The van der Waals surface area contributed by atoms with Crippen LogP contribution in [-0.4, -0.2) is 34.3 Å². The highest BCUT2D eigenvalue weighted by atomic mass is 16.3. The molecule has 0 aromatic heterocycles. The van der Waals surface area contributed by atoms with Gasteiger partial charge in [-0.15, -0.1) is 0 Å². The quantitative estimate of drug-likeness (QED) is 0.514. The smallest absolute Gasteiger partial charge is 0.138 e. The van der Waals surface area contributed by atoms with Gasteiger partial charge in [-0.2, -0.15) is 0 Å². The van der Waals surface area contributed by atoms with Crippen molar-refractivity contribution in [2.45, 2.75) is 25.5 Å². The number of phenolic OH excluding ortho intramolecular Hbond substituents is 1. The average molecular weight is 222 g/mol. The van der Waals surface area contributed by atoms with Crippen LogP contribution in [-0.2, 0) is 6.54 Å². The van der Waals surface area contributed by atoms with Gasteiger partial charge in [-0.3, -0.25) is 4.90 Å². The normalized spacial score (nSPS) is 18.8. The molecule has 1 aliphatic rings. The van der Waals surface area contributed by atoms with Gasteiger partial charge in [-0.1, -0.05) is 6.07 Å². The largest absolute Gasteiger partial charge is 0.506 e. The Morgan fingerprint density at radius 3 is 2.62 bits per heavy atom. The van der Waals surface area contributed by atoms with E-state index in [1.807, 2.05) is 6.07 Å². The van der Waals surface area contributed by atoms with Gasteiger partial charge in [0.1, 0.15) is 5.75 Å². The van der Waals surface area contributed by atoms with Gasteiger partial charge in [0.2, 0.25) is 0 Å². The summed E-state index contributed by atoms with van der Waals surface area (Å²) in [6.45, 7) is 2.67.